The van der Waals surface area contributed by atoms with Crippen LogP contribution in [0.2, 0.25) is 0 Å². The summed E-state index contributed by atoms with van der Waals surface area (Å²) in [5, 5.41) is 3.32. The van der Waals surface area contributed by atoms with E-state index >= 15 is 0 Å². The number of pyridine rings is 1. The van der Waals surface area contributed by atoms with Crippen LogP contribution in [0.1, 0.15) is 5.56 Å². The molecule has 0 amide bonds. The third-order valence-corrected chi connectivity index (χ3v) is 2.34. The van der Waals surface area contributed by atoms with Gasteiger partial charge in [-0.2, -0.15) is 0 Å². The smallest absolute Gasteiger partial charge is 0.175 e. The number of hydrogen-bond acceptors (Lipinski definition) is 3. The molecule has 3 nitrogen and oxygen atoms in total. The van der Waals surface area contributed by atoms with E-state index in [0.717, 1.165) is 22.8 Å². The highest BCUT2D eigenvalue weighted by atomic mass is 15.0. The van der Waals surface area contributed by atoms with Crippen molar-refractivity contribution in [2.45, 2.75) is 0 Å². The summed E-state index contributed by atoms with van der Waals surface area (Å²) in [4.78, 5) is 8.53. The van der Waals surface area contributed by atoms with Crippen molar-refractivity contribution in [1.29, 1.82) is 0 Å². The monoisotopic (exact) mass is 195 g/mol. The number of hydrogen-bond donors (Lipinski definition) is 1. The normalized spacial score (nSPS) is 12.3. The van der Waals surface area contributed by atoms with Crippen LogP contribution in [0.5, 0.6) is 0 Å². The number of aliphatic imine (C=N–C) groups is 1. The average molecular weight is 195 g/mol. The van der Waals surface area contributed by atoms with E-state index in [9.17, 15) is 0 Å². The summed E-state index contributed by atoms with van der Waals surface area (Å²) < 4.78 is 0. The molecule has 0 unspecified atom stereocenters. The van der Waals surface area contributed by atoms with Gasteiger partial charge in [-0.3, -0.25) is 0 Å². The molecule has 1 aliphatic heterocycles. The molecular weight excluding hydrogens is 186 g/mol. The lowest BCUT2D eigenvalue weighted by Crippen LogP contribution is -1.92. The number of nitrogens with zero attached hydrogens (tertiary/aromatic N) is 2. The van der Waals surface area contributed by atoms with Gasteiger partial charge < -0.3 is 5.32 Å². The third kappa shape index (κ3) is 1.38. The standard InChI is InChI=1S/C12H9N3/c1-2-5-10-9(4-1)8-14-12-11(15-10)6-3-7-13-12/h1-8,15H. The highest BCUT2D eigenvalue weighted by Crippen LogP contribution is 2.29. The van der Waals surface area contributed by atoms with Gasteiger partial charge in [0, 0.05) is 23.7 Å². The fourth-order valence-electron chi connectivity index (χ4n) is 1.60. The first-order valence-corrected chi connectivity index (χ1v) is 4.78. The van der Waals surface area contributed by atoms with Crippen LogP contribution in [0.25, 0.3) is 0 Å². The Morgan fingerprint density at radius 2 is 1.80 bits per heavy atom. The van der Waals surface area contributed by atoms with Gasteiger partial charge in [-0.05, 0) is 18.2 Å². The van der Waals surface area contributed by atoms with E-state index in [4.69, 9.17) is 0 Å². The Kier molecular flexibility index (Phi) is 1.75. The second-order valence-electron chi connectivity index (χ2n) is 3.35. The predicted molar refractivity (Wildman–Crippen MR) is 61.2 cm³/mol. The van der Waals surface area contributed by atoms with Crippen LogP contribution < -0.4 is 5.32 Å². The van der Waals surface area contributed by atoms with Gasteiger partial charge in [0.15, 0.2) is 5.82 Å². The maximum absolute atomic E-state index is 4.33. The maximum atomic E-state index is 4.33. The van der Waals surface area contributed by atoms with E-state index in [-0.39, 0.29) is 0 Å². The van der Waals surface area contributed by atoms with Crippen molar-refractivity contribution in [3.63, 3.8) is 0 Å². The third-order valence-electron chi connectivity index (χ3n) is 2.34. The molecule has 0 spiro atoms. The Hall–Kier alpha value is -2.16. The molecule has 0 bridgehead atoms. The topological polar surface area (TPSA) is 37.3 Å². The molecule has 3 rings (SSSR count). The lowest BCUT2D eigenvalue weighted by molar-refractivity contribution is 1.28. The average Bonchev–Trinajstić information content (AvgIpc) is 2.48. The molecule has 1 aromatic heterocycles. The summed E-state index contributed by atoms with van der Waals surface area (Å²) in [6.45, 7) is 0. The molecule has 2 heterocycles. The van der Waals surface area contributed by atoms with Crippen LogP contribution in [0.15, 0.2) is 47.6 Å². The maximum Gasteiger partial charge on any atom is 0.175 e. The number of fused-ring (bicyclic) bond motifs is 2. The number of aromatic nitrogens is 1. The molecule has 0 radical (unpaired) electrons. The van der Waals surface area contributed by atoms with Gasteiger partial charge in [0.05, 0.1) is 5.69 Å². The molecule has 0 aliphatic carbocycles. The lowest BCUT2D eigenvalue weighted by Gasteiger charge is -2.06. The first kappa shape index (κ1) is 8.17. The fraction of sp³-hybridized carbons (Fsp3) is 0. The van der Waals surface area contributed by atoms with Crippen molar-refractivity contribution in [1.82, 2.24) is 4.98 Å². The van der Waals surface area contributed by atoms with Crippen LogP contribution in [0, 0.1) is 0 Å². The summed E-state index contributed by atoms with van der Waals surface area (Å²) in [5.41, 5.74) is 3.09. The van der Waals surface area contributed by atoms with Crippen molar-refractivity contribution in [3.8, 4) is 0 Å². The molecule has 1 N–H and O–H groups in total. The molecule has 0 atom stereocenters. The number of nitrogens with one attached hydrogen (secondary N) is 1. The summed E-state index contributed by atoms with van der Waals surface area (Å²) >= 11 is 0. The first-order chi connectivity index (χ1) is 7.43. The predicted octanol–water partition coefficient (Wildman–Crippen LogP) is 2.89. The van der Waals surface area contributed by atoms with Crippen molar-refractivity contribution in [3.05, 3.63) is 48.2 Å². The minimum absolute atomic E-state index is 0.730. The number of anilines is 2. The second kappa shape index (κ2) is 3.20. The second-order valence-corrected chi connectivity index (χ2v) is 3.35. The molecule has 1 aromatic carbocycles. The van der Waals surface area contributed by atoms with Crippen LogP contribution in [-0.4, -0.2) is 11.2 Å². The Morgan fingerprint density at radius 3 is 2.80 bits per heavy atom. The van der Waals surface area contributed by atoms with E-state index in [1.54, 1.807) is 6.20 Å². The highest BCUT2D eigenvalue weighted by molar-refractivity contribution is 5.94. The van der Waals surface area contributed by atoms with Gasteiger partial charge in [0.1, 0.15) is 0 Å². The van der Waals surface area contributed by atoms with E-state index in [2.05, 4.69) is 15.3 Å². The van der Waals surface area contributed by atoms with E-state index in [0.29, 0.717) is 0 Å². The quantitative estimate of drug-likeness (QED) is 0.598. The van der Waals surface area contributed by atoms with E-state index in [1.165, 1.54) is 0 Å². The fourth-order valence-corrected chi connectivity index (χ4v) is 1.60. The molecular formula is C12H9N3. The summed E-state index contributed by atoms with van der Waals surface area (Å²) in [7, 11) is 0. The van der Waals surface area contributed by atoms with Crippen LogP contribution in [-0.2, 0) is 0 Å². The summed E-state index contributed by atoms with van der Waals surface area (Å²) in [6.07, 6.45) is 3.58. The van der Waals surface area contributed by atoms with Crippen LogP contribution >= 0.6 is 0 Å². The van der Waals surface area contributed by atoms with Crippen molar-refractivity contribution >= 4 is 23.4 Å². The summed E-state index contributed by atoms with van der Waals surface area (Å²) in [5.74, 6) is 0.730. The van der Waals surface area contributed by atoms with E-state index < -0.39 is 0 Å². The Morgan fingerprint density at radius 1 is 0.933 bits per heavy atom. The zero-order valence-electron chi connectivity index (χ0n) is 8.01. The molecule has 72 valence electrons. The van der Waals surface area contributed by atoms with Gasteiger partial charge in [-0.25, -0.2) is 9.98 Å². The Balaban J connectivity index is 2.19. The van der Waals surface area contributed by atoms with Gasteiger partial charge in [-0.15, -0.1) is 0 Å². The zero-order valence-corrected chi connectivity index (χ0v) is 8.01. The largest absolute Gasteiger partial charge is 0.352 e. The molecule has 3 heteroatoms. The number of rotatable bonds is 0. The minimum Gasteiger partial charge on any atom is -0.352 e. The van der Waals surface area contributed by atoms with E-state index in [1.807, 2.05) is 42.6 Å². The first-order valence-electron chi connectivity index (χ1n) is 4.78. The number of para-hydroxylation sites is 1. The molecule has 15 heavy (non-hydrogen) atoms. The van der Waals surface area contributed by atoms with Crippen LogP contribution in [0.4, 0.5) is 17.2 Å². The molecule has 0 saturated carbocycles. The molecule has 2 aromatic rings. The minimum atomic E-state index is 0.730. The SMILES string of the molecule is C1=Nc2ncccc2Nc2ccccc21. The van der Waals surface area contributed by atoms with Gasteiger partial charge in [0.2, 0.25) is 0 Å². The molecule has 1 aliphatic rings. The van der Waals surface area contributed by atoms with Crippen molar-refractivity contribution in [2.75, 3.05) is 5.32 Å². The number of benzene rings is 1. The van der Waals surface area contributed by atoms with Crippen LogP contribution in [0.3, 0.4) is 0 Å². The molecule has 0 fully saturated rings. The lowest BCUT2D eigenvalue weighted by atomic mass is 10.2. The highest BCUT2D eigenvalue weighted by Gasteiger charge is 2.08. The van der Waals surface area contributed by atoms with Gasteiger partial charge in [-0.1, -0.05) is 18.2 Å². The van der Waals surface area contributed by atoms with Gasteiger partial charge in [0.25, 0.3) is 0 Å². The van der Waals surface area contributed by atoms with Gasteiger partial charge >= 0.3 is 0 Å². The molecule has 0 saturated heterocycles. The Labute approximate surface area is 87.5 Å². The Bertz CT molecular complexity index is 484. The van der Waals surface area contributed by atoms with Crippen molar-refractivity contribution in [2.24, 2.45) is 4.99 Å². The van der Waals surface area contributed by atoms with Crippen molar-refractivity contribution < 1.29 is 0 Å². The summed E-state index contributed by atoms with van der Waals surface area (Å²) in [6, 6.07) is 11.9. The zero-order chi connectivity index (χ0) is 10.1.